The van der Waals surface area contributed by atoms with Crippen LogP contribution in [0.2, 0.25) is 0 Å². The highest BCUT2D eigenvalue weighted by molar-refractivity contribution is 5.76. The number of aromatic amines is 1. The second-order valence-corrected chi connectivity index (χ2v) is 8.64. The zero-order chi connectivity index (χ0) is 21.2. The van der Waals surface area contributed by atoms with Gasteiger partial charge in [-0.15, -0.1) is 5.10 Å². The quantitative estimate of drug-likeness (QED) is 0.514. The summed E-state index contributed by atoms with van der Waals surface area (Å²) in [7, 11) is 0. The number of hydrogen-bond acceptors (Lipinski definition) is 6. The maximum absolute atomic E-state index is 12.0. The van der Waals surface area contributed by atoms with Crippen LogP contribution in [0.3, 0.4) is 0 Å². The Morgan fingerprint density at radius 1 is 1.26 bits per heavy atom. The van der Waals surface area contributed by atoms with Gasteiger partial charge in [0.05, 0.1) is 5.69 Å². The summed E-state index contributed by atoms with van der Waals surface area (Å²) in [5.74, 6) is 3.08. The zero-order valence-corrected chi connectivity index (χ0v) is 18.0. The van der Waals surface area contributed by atoms with E-state index in [1.165, 1.54) is 12.8 Å². The molecule has 1 amide bonds. The topological polar surface area (TPSA) is 103 Å². The summed E-state index contributed by atoms with van der Waals surface area (Å²) in [5, 5.41) is 18.8. The fourth-order valence-electron chi connectivity index (χ4n) is 4.13. The van der Waals surface area contributed by atoms with Crippen LogP contribution in [-0.4, -0.2) is 49.8 Å². The van der Waals surface area contributed by atoms with Crippen molar-refractivity contribution in [3.05, 3.63) is 30.1 Å². The number of fused-ring (bicyclic) bond motifs is 1. The van der Waals surface area contributed by atoms with Crippen LogP contribution >= 0.6 is 0 Å². The first-order chi connectivity index (χ1) is 15.2. The molecule has 0 radical (unpaired) electrons. The van der Waals surface area contributed by atoms with Crippen molar-refractivity contribution in [2.75, 3.05) is 23.3 Å². The Bertz CT molecular complexity index is 1040. The molecular weight excluding hydrogens is 392 g/mol. The number of nitrogens with one attached hydrogen (secondary N) is 3. The molecule has 1 saturated heterocycles. The molecule has 0 unspecified atom stereocenters. The molecule has 2 fully saturated rings. The van der Waals surface area contributed by atoms with Gasteiger partial charge in [-0.25, -0.2) is 4.52 Å². The van der Waals surface area contributed by atoms with E-state index in [0.717, 1.165) is 61.6 Å². The standard InChI is InChI=1S/C22H30N8O/c1-2-3-6-20(31)23-16-9-12-29(13-10-16)22-25-21(18-5-4-11-30(18)28-22)24-19-14-17(26-27-19)15-7-8-15/h4-5,11,14-16H,2-3,6-10,12-13H2,1H3,(H,23,31)(H2,24,25,26,27,28). The van der Waals surface area contributed by atoms with Gasteiger partial charge in [0, 0.05) is 43.7 Å². The second-order valence-electron chi connectivity index (χ2n) is 8.64. The number of hydrogen-bond donors (Lipinski definition) is 3. The largest absolute Gasteiger partial charge is 0.353 e. The number of carbonyl (C=O) groups excluding carboxylic acids is 1. The van der Waals surface area contributed by atoms with Gasteiger partial charge in [0.2, 0.25) is 11.9 Å². The molecule has 1 aliphatic heterocycles. The van der Waals surface area contributed by atoms with E-state index in [0.29, 0.717) is 18.3 Å². The number of unbranched alkanes of at least 4 members (excludes halogenated alkanes) is 1. The summed E-state index contributed by atoms with van der Waals surface area (Å²) >= 11 is 0. The fourth-order valence-corrected chi connectivity index (χ4v) is 4.13. The average Bonchev–Trinajstić information content (AvgIpc) is 3.33. The Hall–Kier alpha value is -3.10. The molecule has 9 heteroatoms. The van der Waals surface area contributed by atoms with Crippen molar-refractivity contribution < 1.29 is 4.79 Å². The third kappa shape index (κ3) is 4.50. The molecule has 2 aliphatic rings. The molecule has 31 heavy (non-hydrogen) atoms. The van der Waals surface area contributed by atoms with Crippen molar-refractivity contribution in [2.24, 2.45) is 0 Å². The van der Waals surface area contributed by atoms with Gasteiger partial charge in [-0.1, -0.05) is 13.3 Å². The Labute approximate surface area is 181 Å². The van der Waals surface area contributed by atoms with Gasteiger partial charge in [-0.05, 0) is 44.2 Å². The number of aromatic nitrogens is 5. The fraction of sp³-hybridized carbons (Fsp3) is 0.545. The summed E-state index contributed by atoms with van der Waals surface area (Å²) in [6, 6.07) is 6.28. The molecule has 3 aromatic rings. The van der Waals surface area contributed by atoms with Crippen molar-refractivity contribution in [1.82, 2.24) is 30.1 Å². The van der Waals surface area contributed by atoms with Crippen LogP contribution in [0.1, 0.15) is 63.5 Å². The van der Waals surface area contributed by atoms with Gasteiger partial charge in [-0.2, -0.15) is 10.1 Å². The van der Waals surface area contributed by atoms with E-state index in [1.807, 2.05) is 22.8 Å². The first kappa shape index (κ1) is 19.8. The number of rotatable bonds is 8. The van der Waals surface area contributed by atoms with Crippen LogP contribution in [0.5, 0.6) is 0 Å². The predicted molar refractivity (Wildman–Crippen MR) is 120 cm³/mol. The normalized spacial score (nSPS) is 17.3. The monoisotopic (exact) mass is 422 g/mol. The van der Waals surface area contributed by atoms with Crippen LogP contribution in [0, 0.1) is 0 Å². The Kier molecular flexibility index (Phi) is 5.48. The van der Waals surface area contributed by atoms with Gasteiger partial charge in [0.1, 0.15) is 11.3 Å². The van der Waals surface area contributed by atoms with E-state index in [9.17, 15) is 4.79 Å². The van der Waals surface area contributed by atoms with E-state index in [-0.39, 0.29) is 11.9 Å². The van der Waals surface area contributed by atoms with Crippen molar-refractivity contribution in [3.63, 3.8) is 0 Å². The molecule has 3 N–H and O–H groups in total. The van der Waals surface area contributed by atoms with E-state index >= 15 is 0 Å². The van der Waals surface area contributed by atoms with E-state index in [2.05, 4.69) is 38.7 Å². The predicted octanol–water partition coefficient (Wildman–Crippen LogP) is 3.35. The van der Waals surface area contributed by atoms with Crippen LogP contribution in [0.4, 0.5) is 17.6 Å². The lowest BCUT2D eigenvalue weighted by Crippen LogP contribution is -2.45. The summed E-state index contributed by atoms with van der Waals surface area (Å²) in [4.78, 5) is 19.1. The minimum atomic E-state index is 0.168. The molecular formula is C22H30N8O. The molecule has 0 aromatic carbocycles. The van der Waals surface area contributed by atoms with E-state index in [1.54, 1.807) is 0 Å². The maximum Gasteiger partial charge on any atom is 0.245 e. The Balaban J connectivity index is 1.27. The average molecular weight is 423 g/mol. The van der Waals surface area contributed by atoms with Gasteiger partial charge in [0.25, 0.3) is 0 Å². The summed E-state index contributed by atoms with van der Waals surface area (Å²) in [6.07, 6.45) is 8.80. The maximum atomic E-state index is 12.0. The van der Waals surface area contributed by atoms with Crippen molar-refractivity contribution in [1.29, 1.82) is 0 Å². The van der Waals surface area contributed by atoms with Crippen LogP contribution < -0.4 is 15.5 Å². The van der Waals surface area contributed by atoms with Crippen molar-refractivity contribution >= 4 is 29.0 Å². The van der Waals surface area contributed by atoms with E-state index in [4.69, 9.17) is 10.1 Å². The summed E-state index contributed by atoms with van der Waals surface area (Å²) in [5.41, 5.74) is 2.04. The van der Waals surface area contributed by atoms with Crippen LogP contribution in [0.25, 0.3) is 5.52 Å². The molecule has 0 bridgehead atoms. The number of H-pyrrole nitrogens is 1. The number of piperidine rings is 1. The lowest BCUT2D eigenvalue weighted by atomic mass is 10.0. The molecule has 4 heterocycles. The van der Waals surface area contributed by atoms with E-state index < -0.39 is 0 Å². The molecule has 164 valence electrons. The molecule has 9 nitrogen and oxygen atoms in total. The summed E-state index contributed by atoms with van der Waals surface area (Å²) in [6.45, 7) is 3.75. The third-order valence-corrected chi connectivity index (χ3v) is 6.13. The molecule has 3 aromatic heterocycles. The molecule has 0 spiro atoms. The first-order valence-electron chi connectivity index (χ1n) is 11.4. The second kappa shape index (κ2) is 8.56. The highest BCUT2D eigenvalue weighted by Gasteiger charge is 2.27. The number of anilines is 3. The Morgan fingerprint density at radius 2 is 2.10 bits per heavy atom. The zero-order valence-electron chi connectivity index (χ0n) is 18.0. The lowest BCUT2D eigenvalue weighted by Gasteiger charge is -2.32. The smallest absolute Gasteiger partial charge is 0.245 e. The number of carbonyl (C=O) groups is 1. The van der Waals surface area contributed by atoms with Gasteiger partial charge < -0.3 is 15.5 Å². The minimum absolute atomic E-state index is 0.168. The highest BCUT2D eigenvalue weighted by Crippen LogP contribution is 2.39. The Morgan fingerprint density at radius 3 is 2.87 bits per heavy atom. The SMILES string of the molecule is CCCCC(=O)NC1CCN(c2nc(Nc3cc(C4CC4)n[nH]3)c3cccn3n2)CC1. The lowest BCUT2D eigenvalue weighted by molar-refractivity contribution is -0.122. The van der Waals surface area contributed by atoms with Crippen molar-refractivity contribution in [2.45, 2.75) is 63.8 Å². The number of nitrogens with zero attached hydrogens (tertiary/aromatic N) is 5. The van der Waals surface area contributed by atoms with Gasteiger partial charge in [-0.3, -0.25) is 9.89 Å². The molecule has 5 rings (SSSR count). The number of amides is 1. The summed E-state index contributed by atoms with van der Waals surface area (Å²) < 4.78 is 1.86. The third-order valence-electron chi connectivity index (χ3n) is 6.13. The molecule has 0 atom stereocenters. The van der Waals surface area contributed by atoms with Gasteiger partial charge >= 0.3 is 0 Å². The molecule has 1 aliphatic carbocycles. The molecule has 1 saturated carbocycles. The first-order valence-corrected chi connectivity index (χ1v) is 11.4. The highest BCUT2D eigenvalue weighted by atomic mass is 16.1. The van der Waals surface area contributed by atoms with Crippen molar-refractivity contribution in [3.8, 4) is 0 Å². The van der Waals surface area contributed by atoms with Gasteiger partial charge in [0.15, 0.2) is 5.82 Å². The van der Waals surface area contributed by atoms with Crippen LogP contribution in [0.15, 0.2) is 24.4 Å². The minimum Gasteiger partial charge on any atom is -0.353 e. The van der Waals surface area contributed by atoms with Crippen LogP contribution in [-0.2, 0) is 4.79 Å².